The number of carbonyl (C=O) groups excluding carboxylic acids is 1. The Balaban J connectivity index is 2.26. The summed E-state index contributed by atoms with van der Waals surface area (Å²) in [5.41, 5.74) is 0.280. The normalized spacial score (nSPS) is 19.2. The van der Waals surface area contributed by atoms with E-state index < -0.39 is 4.92 Å². The zero-order valence-electron chi connectivity index (χ0n) is 10.1. The SMILES string of the molecule is Cn1c(C(=O)N2CCCC2CO)ccc1[N+](=O)[O-]. The fraction of sp³-hybridized carbons (Fsp3) is 0.545. The van der Waals surface area contributed by atoms with E-state index >= 15 is 0 Å². The van der Waals surface area contributed by atoms with Gasteiger partial charge in [0, 0.05) is 12.6 Å². The second-order valence-corrected chi connectivity index (χ2v) is 4.37. The van der Waals surface area contributed by atoms with Gasteiger partial charge in [0.1, 0.15) is 0 Å². The number of aromatic nitrogens is 1. The lowest BCUT2D eigenvalue weighted by molar-refractivity contribution is -0.391. The second kappa shape index (κ2) is 4.77. The zero-order valence-corrected chi connectivity index (χ0v) is 10.1. The second-order valence-electron chi connectivity index (χ2n) is 4.37. The summed E-state index contributed by atoms with van der Waals surface area (Å²) in [6.07, 6.45) is 1.62. The van der Waals surface area contributed by atoms with Crippen molar-refractivity contribution >= 4 is 11.7 Å². The number of hydrogen-bond acceptors (Lipinski definition) is 4. The van der Waals surface area contributed by atoms with Crippen molar-refractivity contribution in [3.05, 3.63) is 27.9 Å². The van der Waals surface area contributed by atoms with E-state index in [9.17, 15) is 20.0 Å². The molecule has 1 N–H and O–H groups in total. The van der Waals surface area contributed by atoms with Crippen LogP contribution in [0.4, 0.5) is 5.82 Å². The van der Waals surface area contributed by atoms with Crippen LogP contribution in [0.15, 0.2) is 12.1 Å². The summed E-state index contributed by atoms with van der Waals surface area (Å²) in [7, 11) is 1.50. The minimum Gasteiger partial charge on any atom is -0.394 e. The van der Waals surface area contributed by atoms with Gasteiger partial charge in [0.25, 0.3) is 5.91 Å². The van der Waals surface area contributed by atoms with Crippen molar-refractivity contribution in [2.75, 3.05) is 13.2 Å². The standard InChI is InChI=1S/C11H15N3O4/c1-12-9(4-5-10(12)14(17)18)11(16)13-6-2-3-8(13)7-15/h4-5,8,15H,2-3,6-7H2,1H3. The van der Waals surface area contributed by atoms with Gasteiger partial charge in [-0.25, -0.2) is 4.57 Å². The molecule has 98 valence electrons. The summed E-state index contributed by atoms with van der Waals surface area (Å²) in [5.74, 6) is -0.375. The molecule has 2 rings (SSSR count). The van der Waals surface area contributed by atoms with E-state index in [1.54, 1.807) is 4.90 Å². The van der Waals surface area contributed by atoms with Crippen LogP contribution in [0.25, 0.3) is 0 Å². The van der Waals surface area contributed by atoms with E-state index in [2.05, 4.69) is 0 Å². The Bertz CT molecular complexity index is 483. The molecule has 1 aliphatic heterocycles. The van der Waals surface area contributed by atoms with Gasteiger partial charge in [0.15, 0.2) is 5.69 Å². The number of carbonyl (C=O) groups is 1. The van der Waals surface area contributed by atoms with E-state index in [1.165, 1.54) is 23.7 Å². The molecule has 18 heavy (non-hydrogen) atoms. The van der Waals surface area contributed by atoms with E-state index in [4.69, 9.17) is 0 Å². The number of likely N-dealkylation sites (tertiary alicyclic amines) is 1. The predicted molar refractivity (Wildman–Crippen MR) is 63.2 cm³/mol. The molecular weight excluding hydrogens is 238 g/mol. The van der Waals surface area contributed by atoms with E-state index in [0.717, 1.165) is 12.8 Å². The maximum atomic E-state index is 12.2. The van der Waals surface area contributed by atoms with Gasteiger partial charge < -0.3 is 20.1 Å². The molecule has 1 atom stereocenters. The summed E-state index contributed by atoms with van der Waals surface area (Å²) < 4.78 is 1.27. The molecule has 0 bridgehead atoms. The highest BCUT2D eigenvalue weighted by molar-refractivity contribution is 5.93. The molecular formula is C11H15N3O4. The average molecular weight is 253 g/mol. The Morgan fingerprint density at radius 2 is 2.33 bits per heavy atom. The van der Waals surface area contributed by atoms with Gasteiger partial charge in [-0.2, -0.15) is 0 Å². The van der Waals surface area contributed by atoms with Crippen LogP contribution in [-0.4, -0.2) is 44.6 Å². The van der Waals surface area contributed by atoms with Crippen molar-refractivity contribution < 1.29 is 14.8 Å². The van der Waals surface area contributed by atoms with Gasteiger partial charge in [0.2, 0.25) is 0 Å². The fourth-order valence-electron chi connectivity index (χ4n) is 2.34. The Labute approximate surface area is 104 Å². The van der Waals surface area contributed by atoms with Gasteiger partial charge in [-0.3, -0.25) is 4.79 Å². The molecule has 1 unspecified atom stereocenters. The zero-order chi connectivity index (χ0) is 13.3. The molecule has 1 saturated heterocycles. The van der Waals surface area contributed by atoms with Crippen molar-refractivity contribution in [3.8, 4) is 0 Å². The smallest absolute Gasteiger partial charge is 0.323 e. The predicted octanol–water partition coefficient (Wildman–Crippen LogP) is 0.530. The third-order valence-electron chi connectivity index (χ3n) is 3.35. The summed E-state index contributed by atoms with van der Waals surface area (Å²) in [6, 6.07) is 2.59. The summed E-state index contributed by atoms with van der Waals surface area (Å²) in [4.78, 5) is 24.0. The van der Waals surface area contributed by atoms with Crippen LogP contribution in [0.1, 0.15) is 23.3 Å². The quantitative estimate of drug-likeness (QED) is 0.628. The molecule has 1 aromatic heterocycles. The summed E-state index contributed by atoms with van der Waals surface area (Å²) in [6.45, 7) is 0.515. The summed E-state index contributed by atoms with van der Waals surface area (Å²) >= 11 is 0. The Hall–Kier alpha value is -1.89. The lowest BCUT2D eigenvalue weighted by atomic mass is 10.2. The van der Waals surface area contributed by atoms with Crippen molar-refractivity contribution in [2.24, 2.45) is 7.05 Å². The minimum atomic E-state index is -0.524. The Kier molecular flexibility index (Phi) is 3.33. The highest BCUT2D eigenvalue weighted by Gasteiger charge is 2.32. The van der Waals surface area contributed by atoms with Crippen molar-refractivity contribution in [2.45, 2.75) is 18.9 Å². The van der Waals surface area contributed by atoms with Crippen molar-refractivity contribution in [3.63, 3.8) is 0 Å². The lowest BCUT2D eigenvalue weighted by Crippen LogP contribution is -2.38. The number of nitrogens with zero attached hydrogens (tertiary/aromatic N) is 3. The maximum absolute atomic E-state index is 12.2. The first kappa shape index (κ1) is 12.6. The number of aliphatic hydroxyl groups excluding tert-OH is 1. The van der Waals surface area contributed by atoms with Gasteiger partial charge in [-0.15, -0.1) is 0 Å². The van der Waals surface area contributed by atoms with Gasteiger partial charge in [-0.1, -0.05) is 0 Å². The molecule has 1 aliphatic rings. The first-order chi connectivity index (χ1) is 8.56. The average Bonchev–Trinajstić information content (AvgIpc) is 2.93. The first-order valence-electron chi connectivity index (χ1n) is 5.78. The number of rotatable bonds is 3. The van der Waals surface area contributed by atoms with Gasteiger partial charge in [0.05, 0.1) is 19.7 Å². The highest BCUT2D eigenvalue weighted by atomic mass is 16.6. The molecule has 7 nitrogen and oxygen atoms in total. The molecule has 1 aromatic rings. The largest absolute Gasteiger partial charge is 0.394 e. The molecule has 7 heteroatoms. The third kappa shape index (κ3) is 1.97. The number of hydrogen-bond donors (Lipinski definition) is 1. The lowest BCUT2D eigenvalue weighted by Gasteiger charge is -2.21. The molecule has 1 fully saturated rings. The number of amides is 1. The molecule has 0 radical (unpaired) electrons. The molecule has 0 spiro atoms. The third-order valence-corrected chi connectivity index (χ3v) is 3.35. The molecule has 0 aliphatic carbocycles. The highest BCUT2D eigenvalue weighted by Crippen LogP contribution is 2.22. The molecule has 0 aromatic carbocycles. The Morgan fingerprint density at radius 3 is 2.89 bits per heavy atom. The summed E-state index contributed by atoms with van der Waals surface area (Å²) in [5, 5.41) is 19.9. The first-order valence-corrected chi connectivity index (χ1v) is 5.78. The van der Waals surface area contributed by atoms with Crippen LogP contribution < -0.4 is 0 Å². The van der Waals surface area contributed by atoms with E-state index in [0.29, 0.717) is 6.54 Å². The number of aliphatic hydroxyl groups is 1. The molecule has 2 heterocycles. The minimum absolute atomic E-state index is 0.0712. The van der Waals surface area contributed by atoms with E-state index in [-0.39, 0.29) is 30.1 Å². The van der Waals surface area contributed by atoms with Crippen LogP contribution >= 0.6 is 0 Å². The van der Waals surface area contributed by atoms with Gasteiger partial charge >= 0.3 is 5.82 Å². The van der Waals surface area contributed by atoms with Crippen LogP contribution in [0.3, 0.4) is 0 Å². The van der Waals surface area contributed by atoms with Crippen LogP contribution in [0, 0.1) is 10.1 Å². The fourth-order valence-corrected chi connectivity index (χ4v) is 2.34. The van der Waals surface area contributed by atoms with Gasteiger partial charge in [-0.05, 0) is 23.8 Å². The van der Waals surface area contributed by atoms with E-state index in [1.807, 2.05) is 0 Å². The molecule has 1 amide bonds. The van der Waals surface area contributed by atoms with Crippen molar-refractivity contribution in [1.82, 2.24) is 9.47 Å². The number of nitro groups is 1. The van der Waals surface area contributed by atoms with Crippen LogP contribution in [0.2, 0.25) is 0 Å². The van der Waals surface area contributed by atoms with Crippen LogP contribution in [0.5, 0.6) is 0 Å². The van der Waals surface area contributed by atoms with Crippen molar-refractivity contribution in [1.29, 1.82) is 0 Å². The molecule has 0 saturated carbocycles. The Morgan fingerprint density at radius 1 is 1.61 bits per heavy atom. The van der Waals surface area contributed by atoms with Crippen LogP contribution in [-0.2, 0) is 7.05 Å². The monoisotopic (exact) mass is 253 g/mol. The maximum Gasteiger partial charge on any atom is 0.323 e. The topological polar surface area (TPSA) is 88.6 Å².